The number of aryl methyl sites for hydroxylation is 1. The van der Waals surface area contributed by atoms with Gasteiger partial charge in [0.1, 0.15) is 0 Å². The summed E-state index contributed by atoms with van der Waals surface area (Å²) in [5.74, 6) is 0.661. The van der Waals surface area contributed by atoms with Crippen LogP contribution in [0.1, 0.15) is 31.7 Å². The summed E-state index contributed by atoms with van der Waals surface area (Å²) < 4.78 is 2.18. The summed E-state index contributed by atoms with van der Waals surface area (Å²) in [6.07, 6.45) is 3.32. The lowest BCUT2D eigenvalue weighted by Gasteiger charge is -2.09. The van der Waals surface area contributed by atoms with Gasteiger partial charge in [0.2, 0.25) is 0 Å². The molecule has 0 fully saturated rings. The van der Waals surface area contributed by atoms with Gasteiger partial charge in [0.05, 0.1) is 0 Å². The molecule has 2 rings (SSSR count). The molecular weight excluding hydrogens is 170 g/mol. The average molecular weight is 187 g/mol. The Morgan fingerprint density at radius 1 is 1.29 bits per heavy atom. The van der Waals surface area contributed by atoms with Gasteiger partial charge in [0.25, 0.3) is 0 Å². The highest BCUT2D eigenvalue weighted by Crippen LogP contribution is 2.23. The van der Waals surface area contributed by atoms with Crippen LogP contribution >= 0.6 is 0 Å². The Kier molecular flexibility index (Phi) is 2.32. The van der Waals surface area contributed by atoms with Crippen molar-refractivity contribution < 1.29 is 0 Å². The minimum absolute atomic E-state index is 0.661. The number of fused-ring (bicyclic) bond motifs is 1. The van der Waals surface area contributed by atoms with Crippen LogP contribution in [-0.2, 0) is 7.05 Å². The second kappa shape index (κ2) is 3.49. The molecule has 2 aromatic rings. The van der Waals surface area contributed by atoms with Crippen molar-refractivity contribution in [2.45, 2.75) is 26.2 Å². The molecule has 0 saturated heterocycles. The first-order valence-corrected chi connectivity index (χ1v) is 5.27. The zero-order chi connectivity index (χ0) is 10.1. The van der Waals surface area contributed by atoms with E-state index in [1.54, 1.807) is 0 Å². The van der Waals surface area contributed by atoms with Gasteiger partial charge in [-0.25, -0.2) is 0 Å². The maximum absolute atomic E-state index is 2.31. The van der Waals surface area contributed by atoms with E-state index in [0.717, 1.165) is 0 Å². The second-order valence-electron chi connectivity index (χ2n) is 4.05. The molecule has 1 aromatic carbocycles. The van der Waals surface area contributed by atoms with E-state index in [0.29, 0.717) is 5.92 Å². The first-order valence-electron chi connectivity index (χ1n) is 5.27. The Bertz CT molecular complexity index is 439. The molecule has 1 aromatic heterocycles. The summed E-state index contributed by atoms with van der Waals surface area (Å²) in [5, 5.41) is 1.33. The fourth-order valence-corrected chi connectivity index (χ4v) is 1.82. The van der Waals surface area contributed by atoms with Gasteiger partial charge in [0, 0.05) is 18.8 Å². The van der Waals surface area contributed by atoms with Crippen molar-refractivity contribution >= 4 is 10.9 Å². The highest BCUT2D eigenvalue weighted by Gasteiger charge is 2.04. The highest BCUT2D eigenvalue weighted by molar-refractivity contribution is 5.80. The van der Waals surface area contributed by atoms with E-state index < -0.39 is 0 Å². The fraction of sp³-hybridized carbons (Fsp3) is 0.385. The molecule has 14 heavy (non-hydrogen) atoms. The topological polar surface area (TPSA) is 4.93 Å². The third-order valence-electron chi connectivity index (χ3n) is 3.09. The van der Waals surface area contributed by atoms with Crippen molar-refractivity contribution in [2.24, 2.45) is 7.05 Å². The van der Waals surface area contributed by atoms with Crippen LogP contribution in [0.5, 0.6) is 0 Å². The third-order valence-corrected chi connectivity index (χ3v) is 3.09. The van der Waals surface area contributed by atoms with E-state index in [4.69, 9.17) is 0 Å². The normalized spacial score (nSPS) is 13.4. The lowest BCUT2D eigenvalue weighted by atomic mass is 9.98. The Morgan fingerprint density at radius 2 is 2.07 bits per heavy atom. The molecule has 0 radical (unpaired) electrons. The molecule has 0 amide bonds. The summed E-state index contributed by atoms with van der Waals surface area (Å²) in [5.41, 5.74) is 2.78. The van der Waals surface area contributed by atoms with Crippen LogP contribution < -0.4 is 0 Å². The predicted octanol–water partition coefficient (Wildman–Crippen LogP) is 3.69. The van der Waals surface area contributed by atoms with Gasteiger partial charge >= 0.3 is 0 Å². The van der Waals surface area contributed by atoms with Crippen LogP contribution in [0.15, 0.2) is 30.5 Å². The molecule has 0 unspecified atom stereocenters. The summed E-state index contributed by atoms with van der Waals surface area (Å²) in [4.78, 5) is 0. The Hall–Kier alpha value is -1.24. The molecule has 1 heteroatoms. The Labute approximate surface area is 85.4 Å². The van der Waals surface area contributed by atoms with Gasteiger partial charge in [-0.05, 0) is 35.4 Å². The van der Waals surface area contributed by atoms with E-state index >= 15 is 0 Å². The van der Waals surface area contributed by atoms with Crippen LogP contribution in [-0.4, -0.2) is 4.57 Å². The van der Waals surface area contributed by atoms with Gasteiger partial charge < -0.3 is 4.57 Å². The zero-order valence-corrected chi connectivity index (χ0v) is 9.12. The molecule has 1 heterocycles. The van der Waals surface area contributed by atoms with E-state index in [9.17, 15) is 0 Å². The first-order chi connectivity index (χ1) is 6.72. The van der Waals surface area contributed by atoms with Crippen molar-refractivity contribution in [1.82, 2.24) is 4.57 Å². The van der Waals surface area contributed by atoms with Crippen LogP contribution in [0.3, 0.4) is 0 Å². The lowest BCUT2D eigenvalue weighted by Crippen LogP contribution is -1.92. The number of hydrogen-bond acceptors (Lipinski definition) is 0. The Morgan fingerprint density at radius 3 is 2.79 bits per heavy atom. The summed E-state index contributed by atoms with van der Waals surface area (Å²) >= 11 is 0. The summed E-state index contributed by atoms with van der Waals surface area (Å²) in [7, 11) is 2.10. The van der Waals surface area contributed by atoms with E-state index in [1.165, 1.54) is 22.9 Å². The van der Waals surface area contributed by atoms with Crippen LogP contribution in [0.2, 0.25) is 0 Å². The monoisotopic (exact) mass is 187 g/mol. The van der Waals surface area contributed by atoms with Crippen LogP contribution in [0, 0.1) is 0 Å². The predicted molar refractivity (Wildman–Crippen MR) is 61.6 cm³/mol. The van der Waals surface area contributed by atoms with Crippen molar-refractivity contribution in [2.75, 3.05) is 0 Å². The zero-order valence-electron chi connectivity index (χ0n) is 9.12. The van der Waals surface area contributed by atoms with Gasteiger partial charge in [-0.15, -0.1) is 0 Å². The molecule has 0 saturated carbocycles. The molecule has 74 valence electrons. The molecule has 0 bridgehead atoms. The summed E-state index contributed by atoms with van der Waals surface area (Å²) in [6.45, 7) is 4.52. The van der Waals surface area contributed by atoms with Gasteiger partial charge in [0.15, 0.2) is 0 Å². The van der Waals surface area contributed by atoms with Crippen LogP contribution in [0.25, 0.3) is 10.9 Å². The number of nitrogens with zero attached hydrogens (tertiary/aromatic N) is 1. The average Bonchev–Trinajstić information content (AvgIpc) is 2.59. The maximum Gasteiger partial charge on any atom is 0.0480 e. The fourth-order valence-electron chi connectivity index (χ4n) is 1.82. The molecule has 0 N–H and O–H groups in total. The maximum atomic E-state index is 2.31. The lowest BCUT2D eigenvalue weighted by molar-refractivity contribution is 0.734. The molecular formula is C13H17N. The SMILES string of the molecule is CC[C@@H](C)c1ccc2ccn(C)c2c1. The number of aromatic nitrogens is 1. The number of benzene rings is 1. The quantitative estimate of drug-likeness (QED) is 0.675. The van der Waals surface area contributed by atoms with Crippen molar-refractivity contribution in [3.63, 3.8) is 0 Å². The Balaban J connectivity index is 2.54. The van der Waals surface area contributed by atoms with Crippen molar-refractivity contribution in [3.05, 3.63) is 36.0 Å². The molecule has 0 spiro atoms. The third kappa shape index (κ3) is 1.43. The van der Waals surface area contributed by atoms with E-state index in [-0.39, 0.29) is 0 Å². The highest BCUT2D eigenvalue weighted by atomic mass is 14.9. The number of hydrogen-bond donors (Lipinski definition) is 0. The molecule has 0 aliphatic rings. The van der Waals surface area contributed by atoms with Gasteiger partial charge in [-0.1, -0.05) is 26.0 Å². The van der Waals surface area contributed by atoms with Crippen molar-refractivity contribution in [3.8, 4) is 0 Å². The first kappa shape index (κ1) is 9.32. The number of rotatable bonds is 2. The largest absolute Gasteiger partial charge is 0.351 e. The van der Waals surface area contributed by atoms with Crippen molar-refractivity contribution in [1.29, 1.82) is 0 Å². The molecule has 0 aliphatic carbocycles. The summed E-state index contributed by atoms with van der Waals surface area (Å²) in [6, 6.07) is 8.94. The molecule has 0 aliphatic heterocycles. The minimum Gasteiger partial charge on any atom is -0.351 e. The molecule has 1 nitrogen and oxygen atoms in total. The van der Waals surface area contributed by atoms with Gasteiger partial charge in [-0.2, -0.15) is 0 Å². The molecule has 1 atom stereocenters. The minimum atomic E-state index is 0.661. The van der Waals surface area contributed by atoms with E-state index in [2.05, 4.69) is 55.9 Å². The standard InChI is InChI=1S/C13H17N/c1-4-10(2)12-6-5-11-7-8-14(3)13(11)9-12/h5-10H,4H2,1-3H3/t10-/m1/s1. The van der Waals surface area contributed by atoms with Crippen LogP contribution in [0.4, 0.5) is 0 Å². The van der Waals surface area contributed by atoms with E-state index in [1.807, 2.05) is 0 Å². The smallest absolute Gasteiger partial charge is 0.0480 e. The second-order valence-corrected chi connectivity index (χ2v) is 4.05. The van der Waals surface area contributed by atoms with Gasteiger partial charge in [-0.3, -0.25) is 0 Å².